The molecule has 0 aromatic heterocycles. The number of hydrogen-bond acceptors (Lipinski definition) is 2. The van der Waals surface area contributed by atoms with Crippen molar-refractivity contribution in [3.05, 3.63) is 28.8 Å². The van der Waals surface area contributed by atoms with Crippen molar-refractivity contribution in [3.63, 3.8) is 0 Å². The van der Waals surface area contributed by atoms with Crippen molar-refractivity contribution in [1.29, 1.82) is 0 Å². The zero-order chi connectivity index (χ0) is 11.0. The third-order valence-electron chi connectivity index (χ3n) is 2.67. The highest BCUT2D eigenvalue weighted by atomic mass is 32.1. The lowest BCUT2D eigenvalue weighted by atomic mass is 9.96. The fourth-order valence-electron chi connectivity index (χ4n) is 1.64. The van der Waals surface area contributed by atoms with Gasteiger partial charge in [0, 0.05) is 9.79 Å². The minimum absolute atomic E-state index is 1.03. The molecule has 0 saturated heterocycles. The van der Waals surface area contributed by atoms with E-state index in [4.69, 9.17) is 0 Å². The molecular formula is C12H16S2. The van der Waals surface area contributed by atoms with Crippen LogP contribution in [0.2, 0.25) is 0 Å². The standard InChI is InChI=1S/C12H16S2/c1-6(2)10-9(5)11(13)7(3)8(4)12(10)14/h13-14H,1H2,2-5H3. The first-order chi connectivity index (χ1) is 6.37. The van der Waals surface area contributed by atoms with E-state index in [1.54, 1.807) is 0 Å². The van der Waals surface area contributed by atoms with Crippen LogP contribution >= 0.6 is 25.3 Å². The summed E-state index contributed by atoms with van der Waals surface area (Å²) in [5, 5.41) is 0. The number of thiol groups is 2. The Morgan fingerprint density at radius 3 is 1.79 bits per heavy atom. The van der Waals surface area contributed by atoms with Crippen LogP contribution < -0.4 is 0 Å². The number of benzene rings is 1. The summed E-state index contributed by atoms with van der Waals surface area (Å²) in [4.78, 5) is 2.09. The van der Waals surface area contributed by atoms with E-state index >= 15 is 0 Å². The van der Waals surface area contributed by atoms with E-state index in [2.05, 4.69) is 52.6 Å². The smallest absolute Gasteiger partial charge is 0.0150 e. The number of allylic oxidation sites excluding steroid dienone is 1. The van der Waals surface area contributed by atoms with Crippen molar-refractivity contribution in [2.45, 2.75) is 37.5 Å². The minimum Gasteiger partial charge on any atom is -0.143 e. The van der Waals surface area contributed by atoms with Crippen molar-refractivity contribution in [1.82, 2.24) is 0 Å². The molecule has 1 rings (SSSR count). The summed E-state index contributed by atoms with van der Waals surface area (Å²) in [6.07, 6.45) is 0. The maximum atomic E-state index is 4.54. The Hall–Kier alpha value is -0.340. The van der Waals surface area contributed by atoms with Crippen molar-refractivity contribution in [2.75, 3.05) is 0 Å². The lowest BCUT2D eigenvalue weighted by Crippen LogP contribution is -1.97. The normalized spacial score (nSPS) is 10.4. The van der Waals surface area contributed by atoms with E-state index in [0.717, 1.165) is 20.9 Å². The van der Waals surface area contributed by atoms with Crippen LogP contribution in [0.4, 0.5) is 0 Å². The molecule has 0 heterocycles. The van der Waals surface area contributed by atoms with Crippen molar-refractivity contribution < 1.29 is 0 Å². The summed E-state index contributed by atoms with van der Waals surface area (Å²) in [5.41, 5.74) is 5.77. The van der Waals surface area contributed by atoms with Crippen LogP contribution in [-0.4, -0.2) is 0 Å². The van der Waals surface area contributed by atoms with Crippen LogP contribution in [0.3, 0.4) is 0 Å². The first-order valence-electron chi connectivity index (χ1n) is 4.55. The third-order valence-corrected chi connectivity index (χ3v) is 3.90. The molecule has 0 nitrogen and oxygen atoms in total. The molecule has 0 radical (unpaired) electrons. The van der Waals surface area contributed by atoms with Gasteiger partial charge < -0.3 is 0 Å². The Balaban J connectivity index is 3.68. The molecule has 0 aliphatic rings. The summed E-state index contributed by atoms with van der Waals surface area (Å²) in [6.45, 7) is 12.2. The molecule has 0 amide bonds. The molecule has 1 aromatic rings. The van der Waals surface area contributed by atoms with Crippen molar-refractivity contribution in [3.8, 4) is 0 Å². The van der Waals surface area contributed by atoms with Gasteiger partial charge in [-0.05, 0) is 55.5 Å². The average molecular weight is 224 g/mol. The summed E-state index contributed by atoms with van der Waals surface area (Å²) >= 11 is 9.06. The Kier molecular flexibility index (Phi) is 3.38. The molecule has 0 aliphatic heterocycles. The lowest BCUT2D eigenvalue weighted by molar-refractivity contribution is 1.09. The lowest BCUT2D eigenvalue weighted by Gasteiger charge is -2.17. The molecule has 0 spiro atoms. The van der Waals surface area contributed by atoms with Gasteiger partial charge in [0.1, 0.15) is 0 Å². The van der Waals surface area contributed by atoms with Gasteiger partial charge in [0.25, 0.3) is 0 Å². The molecule has 0 fully saturated rings. The summed E-state index contributed by atoms with van der Waals surface area (Å²) in [6, 6.07) is 0. The largest absolute Gasteiger partial charge is 0.143 e. The zero-order valence-corrected chi connectivity index (χ0v) is 10.9. The number of rotatable bonds is 1. The van der Waals surface area contributed by atoms with E-state index < -0.39 is 0 Å². The molecule has 2 heteroatoms. The summed E-state index contributed by atoms with van der Waals surface area (Å²) < 4.78 is 0. The molecule has 0 bridgehead atoms. The van der Waals surface area contributed by atoms with Crippen LogP contribution in [0.1, 0.15) is 29.2 Å². The second-order valence-corrected chi connectivity index (χ2v) is 4.62. The van der Waals surface area contributed by atoms with Gasteiger partial charge in [-0.15, -0.1) is 25.3 Å². The second-order valence-electron chi connectivity index (χ2n) is 3.73. The fourth-order valence-corrected chi connectivity index (χ4v) is 2.45. The summed E-state index contributed by atoms with van der Waals surface area (Å²) in [5.74, 6) is 0. The van der Waals surface area contributed by atoms with Crippen LogP contribution in [0, 0.1) is 20.8 Å². The molecule has 0 atom stereocenters. The maximum Gasteiger partial charge on any atom is 0.0150 e. The van der Waals surface area contributed by atoms with E-state index in [1.165, 1.54) is 16.7 Å². The summed E-state index contributed by atoms with van der Waals surface area (Å²) in [7, 11) is 0. The molecule has 0 saturated carbocycles. The van der Waals surface area contributed by atoms with Crippen LogP contribution in [-0.2, 0) is 0 Å². The van der Waals surface area contributed by atoms with Crippen LogP contribution in [0.15, 0.2) is 16.4 Å². The Morgan fingerprint density at radius 2 is 1.36 bits per heavy atom. The Labute approximate surface area is 97.2 Å². The molecule has 1 aromatic carbocycles. The van der Waals surface area contributed by atoms with Crippen molar-refractivity contribution >= 4 is 30.8 Å². The highest BCUT2D eigenvalue weighted by Crippen LogP contribution is 2.34. The zero-order valence-electron chi connectivity index (χ0n) is 9.10. The fraction of sp³-hybridized carbons (Fsp3) is 0.333. The van der Waals surface area contributed by atoms with E-state index in [9.17, 15) is 0 Å². The molecule has 0 N–H and O–H groups in total. The van der Waals surface area contributed by atoms with Gasteiger partial charge in [0.05, 0.1) is 0 Å². The third kappa shape index (κ3) is 1.73. The van der Waals surface area contributed by atoms with Gasteiger partial charge >= 0.3 is 0 Å². The highest BCUT2D eigenvalue weighted by Gasteiger charge is 2.13. The first-order valence-corrected chi connectivity index (χ1v) is 5.45. The molecular weight excluding hydrogens is 208 g/mol. The van der Waals surface area contributed by atoms with Gasteiger partial charge in [-0.2, -0.15) is 0 Å². The first kappa shape index (κ1) is 11.7. The predicted octanol–water partition coefficient (Wildman–Crippen LogP) is 4.22. The Bertz CT molecular complexity index is 374. The average Bonchev–Trinajstić information content (AvgIpc) is 2.11. The number of hydrogen-bond donors (Lipinski definition) is 2. The van der Waals surface area contributed by atoms with Crippen LogP contribution in [0.5, 0.6) is 0 Å². The molecule has 14 heavy (non-hydrogen) atoms. The van der Waals surface area contributed by atoms with Crippen LogP contribution in [0.25, 0.3) is 5.57 Å². The highest BCUT2D eigenvalue weighted by molar-refractivity contribution is 7.80. The topological polar surface area (TPSA) is 0 Å². The van der Waals surface area contributed by atoms with Crippen molar-refractivity contribution in [2.24, 2.45) is 0 Å². The monoisotopic (exact) mass is 224 g/mol. The van der Waals surface area contributed by atoms with Gasteiger partial charge in [0.15, 0.2) is 0 Å². The quantitative estimate of drug-likeness (QED) is 0.656. The van der Waals surface area contributed by atoms with E-state index in [1.807, 2.05) is 6.92 Å². The minimum atomic E-state index is 1.03. The van der Waals surface area contributed by atoms with Gasteiger partial charge in [0.2, 0.25) is 0 Å². The predicted molar refractivity (Wildman–Crippen MR) is 69.9 cm³/mol. The maximum absolute atomic E-state index is 4.54. The van der Waals surface area contributed by atoms with Gasteiger partial charge in [-0.1, -0.05) is 6.58 Å². The molecule has 76 valence electrons. The molecule has 0 unspecified atom stereocenters. The Morgan fingerprint density at radius 1 is 0.929 bits per heavy atom. The van der Waals surface area contributed by atoms with E-state index in [0.29, 0.717) is 0 Å². The second kappa shape index (κ2) is 4.03. The molecule has 0 aliphatic carbocycles. The van der Waals surface area contributed by atoms with E-state index in [-0.39, 0.29) is 0 Å². The van der Waals surface area contributed by atoms with Gasteiger partial charge in [-0.3, -0.25) is 0 Å². The SMILES string of the molecule is C=C(C)c1c(C)c(S)c(C)c(C)c1S. The van der Waals surface area contributed by atoms with Gasteiger partial charge in [-0.25, -0.2) is 0 Å².